The number of methoxy groups -OCH3 is 1. The molecule has 2 aromatic rings. The van der Waals surface area contributed by atoms with E-state index in [2.05, 4.69) is 14.4 Å². The van der Waals surface area contributed by atoms with Crippen LogP contribution in [0.25, 0.3) is 0 Å². The number of amides is 1. The van der Waals surface area contributed by atoms with Crippen LogP contribution in [0.2, 0.25) is 10.0 Å². The van der Waals surface area contributed by atoms with Crippen molar-refractivity contribution in [1.29, 1.82) is 0 Å². The molecule has 4 rings (SSSR count). The number of carbonyl (C=O) groups excluding carboxylic acids is 1. The molecule has 1 aliphatic heterocycles. The molecule has 1 amide bonds. The van der Waals surface area contributed by atoms with Crippen LogP contribution in [0.4, 0.5) is 4.39 Å². The SMILES string of the molecule is CC.COC.CS(=O)NC(=O)c1cc(C2CC2)c(OCC2CCN(Cc3cc(Cl)cc(Cl)c3)CC2)cc1F. The summed E-state index contributed by atoms with van der Waals surface area (Å²) in [5.41, 5.74) is 1.87. The van der Waals surface area contributed by atoms with Crippen molar-refractivity contribution in [2.24, 2.45) is 5.92 Å². The van der Waals surface area contributed by atoms with Crippen LogP contribution in [-0.2, 0) is 22.3 Å². The molecule has 1 unspecified atom stereocenters. The third-order valence-electron chi connectivity index (χ3n) is 6.11. The fraction of sp³-hybridized carbons (Fsp3) is 0.536. The van der Waals surface area contributed by atoms with Crippen LogP contribution < -0.4 is 9.46 Å². The molecule has 0 bridgehead atoms. The fourth-order valence-corrected chi connectivity index (χ4v) is 5.19. The van der Waals surface area contributed by atoms with Crippen molar-refractivity contribution in [2.45, 2.75) is 52.0 Å². The van der Waals surface area contributed by atoms with E-state index in [0.29, 0.717) is 28.3 Å². The summed E-state index contributed by atoms with van der Waals surface area (Å²) in [5, 5.41) is 1.29. The first kappa shape index (κ1) is 32.5. The molecule has 1 saturated carbocycles. The summed E-state index contributed by atoms with van der Waals surface area (Å²) >= 11 is 12.2. The van der Waals surface area contributed by atoms with Gasteiger partial charge in [-0.05, 0) is 86.0 Å². The molecule has 38 heavy (non-hydrogen) atoms. The highest BCUT2D eigenvalue weighted by molar-refractivity contribution is 7.82. The Kier molecular flexibility index (Phi) is 14.0. The Hall–Kier alpha value is -1.71. The number of rotatable bonds is 8. The molecule has 2 aromatic carbocycles. The maximum atomic E-state index is 14.6. The second-order valence-corrected chi connectivity index (χ2v) is 11.2. The fourth-order valence-electron chi connectivity index (χ4n) is 4.25. The lowest BCUT2D eigenvalue weighted by molar-refractivity contribution is 0.0979. The van der Waals surface area contributed by atoms with Crippen LogP contribution in [0.15, 0.2) is 30.3 Å². The first-order chi connectivity index (χ1) is 18.2. The smallest absolute Gasteiger partial charge is 0.265 e. The van der Waals surface area contributed by atoms with E-state index in [0.717, 1.165) is 56.4 Å². The van der Waals surface area contributed by atoms with E-state index < -0.39 is 22.7 Å². The molecule has 212 valence electrons. The zero-order valence-corrected chi connectivity index (χ0v) is 25.1. The van der Waals surface area contributed by atoms with E-state index in [1.807, 2.05) is 26.0 Å². The maximum absolute atomic E-state index is 14.6. The van der Waals surface area contributed by atoms with Crippen molar-refractivity contribution < 1.29 is 22.9 Å². The Balaban J connectivity index is 0.000000947. The number of nitrogens with zero attached hydrogens (tertiary/aromatic N) is 1. The number of ether oxygens (including phenoxy) is 2. The van der Waals surface area contributed by atoms with Gasteiger partial charge in [-0.2, -0.15) is 0 Å². The van der Waals surface area contributed by atoms with E-state index in [1.165, 1.54) is 12.3 Å². The van der Waals surface area contributed by atoms with Crippen LogP contribution in [0, 0.1) is 11.7 Å². The second-order valence-electron chi connectivity index (χ2n) is 9.25. The van der Waals surface area contributed by atoms with Gasteiger partial charge in [-0.15, -0.1) is 0 Å². The van der Waals surface area contributed by atoms with Crippen molar-refractivity contribution >= 4 is 40.1 Å². The maximum Gasteiger partial charge on any atom is 0.265 e. The number of benzene rings is 2. The van der Waals surface area contributed by atoms with E-state index in [9.17, 15) is 13.4 Å². The van der Waals surface area contributed by atoms with Crippen molar-refractivity contribution in [3.8, 4) is 5.75 Å². The zero-order valence-electron chi connectivity index (χ0n) is 22.8. The lowest BCUT2D eigenvalue weighted by Gasteiger charge is -2.32. The summed E-state index contributed by atoms with van der Waals surface area (Å²) in [4.78, 5) is 14.6. The van der Waals surface area contributed by atoms with Crippen molar-refractivity contribution in [3.63, 3.8) is 0 Å². The van der Waals surface area contributed by atoms with Gasteiger partial charge in [-0.1, -0.05) is 37.0 Å². The highest BCUT2D eigenvalue weighted by atomic mass is 35.5. The van der Waals surface area contributed by atoms with Gasteiger partial charge in [-0.3, -0.25) is 14.4 Å². The number of carbonyl (C=O) groups is 1. The van der Waals surface area contributed by atoms with Gasteiger partial charge in [0, 0.05) is 43.1 Å². The molecule has 1 saturated heterocycles. The van der Waals surface area contributed by atoms with E-state index in [4.69, 9.17) is 27.9 Å². The molecule has 10 heteroatoms. The molecular weight excluding hydrogens is 550 g/mol. The predicted molar refractivity (Wildman–Crippen MR) is 154 cm³/mol. The summed E-state index contributed by atoms with van der Waals surface area (Å²) in [5.74, 6) is -0.155. The molecule has 1 heterocycles. The Morgan fingerprint density at radius 3 is 2.16 bits per heavy atom. The van der Waals surface area contributed by atoms with Crippen molar-refractivity contribution in [3.05, 3.63) is 62.9 Å². The summed E-state index contributed by atoms with van der Waals surface area (Å²) < 4.78 is 38.5. The van der Waals surface area contributed by atoms with Gasteiger partial charge in [0.25, 0.3) is 5.91 Å². The average molecular weight is 590 g/mol. The predicted octanol–water partition coefficient (Wildman–Crippen LogP) is 6.61. The highest BCUT2D eigenvalue weighted by Gasteiger charge is 2.30. The van der Waals surface area contributed by atoms with Crippen LogP contribution in [0.3, 0.4) is 0 Å². The topological polar surface area (TPSA) is 67.9 Å². The van der Waals surface area contributed by atoms with Gasteiger partial charge in [0.15, 0.2) is 0 Å². The number of nitrogens with one attached hydrogen (secondary N) is 1. The van der Waals surface area contributed by atoms with E-state index in [1.54, 1.807) is 26.4 Å². The quantitative estimate of drug-likeness (QED) is 0.375. The summed E-state index contributed by atoms with van der Waals surface area (Å²) in [6.07, 6.45) is 5.30. The minimum Gasteiger partial charge on any atom is -0.493 e. The van der Waals surface area contributed by atoms with Crippen LogP contribution in [0.5, 0.6) is 5.75 Å². The van der Waals surface area contributed by atoms with Crippen LogP contribution in [-0.4, -0.2) is 55.2 Å². The van der Waals surface area contributed by atoms with E-state index >= 15 is 0 Å². The van der Waals surface area contributed by atoms with E-state index in [-0.39, 0.29) is 11.5 Å². The van der Waals surface area contributed by atoms with Gasteiger partial charge in [-0.25, -0.2) is 8.60 Å². The summed E-state index contributed by atoms with van der Waals surface area (Å²) in [7, 11) is 1.70. The molecular formula is C28H39Cl2FN2O4S. The Bertz CT molecular complexity index is 1060. The summed E-state index contributed by atoms with van der Waals surface area (Å²) in [6, 6.07) is 8.48. The van der Waals surface area contributed by atoms with Gasteiger partial charge < -0.3 is 9.47 Å². The second kappa shape index (κ2) is 16.4. The first-order valence-electron chi connectivity index (χ1n) is 12.9. The highest BCUT2D eigenvalue weighted by Crippen LogP contribution is 2.45. The van der Waals surface area contributed by atoms with Gasteiger partial charge in [0.1, 0.15) is 22.6 Å². The molecule has 1 aliphatic carbocycles. The molecule has 6 nitrogen and oxygen atoms in total. The molecule has 2 fully saturated rings. The first-order valence-corrected chi connectivity index (χ1v) is 15.2. The van der Waals surface area contributed by atoms with Gasteiger partial charge in [0.2, 0.25) is 0 Å². The molecule has 0 aromatic heterocycles. The standard InChI is InChI=1S/C24H27Cl2FN2O3S.C2H6O.C2H6/c1-33(31)28-24(30)21-11-20(17-2-3-17)23(12-22(21)27)32-14-15-4-6-29(7-5-15)13-16-8-18(25)10-19(26)9-16;1-3-2;1-2/h8-12,15,17H,2-7,13-14H2,1H3,(H,28,30);1-2H3;1-2H3. The van der Waals surface area contributed by atoms with Crippen LogP contribution >= 0.6 is 23.2 Å². The van der Waals surface area contributed by atoms with Crippen molar-refractivity contribution in [1.82, 2.24) is 9.62 Å². The molecule has 2 aliphatic rings. The monoisotopic (exact) mass is 588 g/mol. The Morgan fingerprint density at radius 2 is 1.63 bits per heavy atom. The number of hydrogen-bond donors (Lipinski definition) is 1. The Labute approximate surface area is 238 Å². The number of likely N-dealkylation sites (tertiary alicyclic amines) is 1. The zero-order chi connectivity index (χ0) is 28.2. The summed E-state index contributed by atoms with van der Waals surface area (Å²) in [6.45, 7) is 7.20. The average Bonchev–Trinajstić information content (AvgIpc) is 3.70. The van der Waals surface area contributed by atoms with Gasteiger partial charge in [0.05, 0.1) is 12.2 Å². The van der Waals surface area contributed by atoms with Gasteiger partial charge >= 0.3 is 0 Å². The lowest BCUT2D eigenvalue weighted by Crippen LogP contribution is -2.35. The molecule has 1 atom stereocenters. The molecule has 0 radical (unpaired) electrons. The number of piperidine rings is 1. The lowest BCUT2D eigenvalue weighted by atomic mass is 9.97. The number of halogens is 3. The molecule has 0 spiro atoms. The number of hydrogen-bond acceptors (Lipinski definition) is 5. The third kappa shape index (κ3) is 10.5. The van der Waals surface area contributed by atoms with Crippen molar-refractivity contribution in [2.75, 3.05) is 40.2 Å². The minimum atomic E-state index is -1.55. The normalized spacial score (nSPS) is 16.4. The molecule has 1 N–H and O–H groups in total. The third-order valence-corrected chi connectivity index (χ3v) is 7.02. The van der Waals surface area contributed by atoms with Crippen LogP contribution in [0.1, 0.15) is 66.9 Å². The largest absolute Gasteiger partial charge is 0.493 e. The Morgan fingerprint density at radius 1 is 1.05 bits per heavy atom. The minimum absolute atomic E-state index is 0.0890.